The molecule has 5 nitrogen and oxygen atoms in total. The third-order valence-corrected chi connectivity index (χ3v) is 6.83. The van der Waals surface area contributed by atoms with Crippen LogP contribution in [0, 0.1) is 6.92 Å². The zero-order valence-corrected chi connectivity index (χ0v) is 19.7. The fraction of sp³-hybridized carbons (Fsp3) is 0.241. The van der Waals surface area contributed by atoms with Gasteiger partial charge >= 0.3 is 0 Å². The molecule has 4 aromatic rings. The van der Waals surface area contributed by atoms with Crippen molar-refractivity contribution in [3.05, 3.63) is 107 Å². The van der Waals surface area contributed by atoms with E-state index in [1.807, 2.05) is 19.1 Å². The van der Waals surface area contributed by atoms with Crippen molar-refractivity contribution in [3.8, 4) is 16.8 Å². The Morgan fingerprint density at radius 3 is 2.06 bits per heavy atom. The number of primary amides is 1. The number of amides is 1. The van der Waals surface area contributed by atoms with Gasteiger partial charge in [-0.15, -0.1) is 0 Å². The largest absolute Gasteiger partial charge is 0.364 e. The second-order valence-electron chi connectivity index (χ2n) is 9.25. The first-order chi connectivity index (χ1) is 16.5. The first-order valence-corrected chi connectivity index (χ1v) is 11.8. The second kappa shape index (κ2) is 9.27. The average Bonchev–Trinajstić information content (AvgIpc) is 3.46. The van der Waals surface area contributed by atoms with E-state index in [0.29, 0.717) is 6.04 Å². The Kier molecular flexibility index (Phi) is 6.03. The smallest absolute Gasteiger partial charge is 0.269 e. The summed E-state index contributed by atoms with van der Waals surface area (Å²) in [5, 5.41) is 4.30. The maximum Gasteiger partial charge on any atom is 0.269 e. The van der Waals surface area contributed by atoms with Crippen molar-refractivity contribution in [2.45, 2.75) is 32.2 Å². The third kappa shape index (κ3) is 4.52. The average molecular weight is 451 g/mol. The van der Waals surface area contributed by atoms with E-state index < -0.39 is 5.91 Å². The van der Waals surface area contributed by atoms with Gasteiger partial charge in [0.25, 0.3) is 5.91 Å². The molecule has 2 heterocycles. The van der Waals surface area contributed by atoms with Gasteiger partial charge in [-0.1, -0.05) is 60.7 Å². The minimum Gasteiger partial charge on any atom is -0.364 e. The van der Waals surface area contributed by atoms with E-state index in [-0.39, 0.29) is 5.69 Å². The maximum atomic E-state index is 11.4. The Bertz CT molecular complexity index is 1290. The van der Waals surface area contributed by atoms with E-state index in [4.69, 9.17) is 5.73 Å². The van der Waals surface area contributed by atoms with E-state index in [1.54, 1.807) is 10.7 Å². The highest BCUT2D eigenvalue weighted by atomic mass is 16.1. The van der Waals surface area contributed by atoms with Gasteiger partial charge in [-0.25, -0.2) is 4.68 Å². The predicted molar refractivity (Wildman–Crippen MR) is 136 cm³/mol. The summed E-state index contributed by atoms with van der Waals surface area (Å²) in [6.45, 7) is 3.10. The lowest BCUT2D eigenvalue weighted by Gasteiger charge is -2.20. The molecule has 1 aromatic heterocycles. The number of hydrogen-bond acceptors (Lipinski definition) is 3. The molecule has 1 aliphatic heterocycles. The molecule has 34 heavy (non-hydrogen) atoms. The molecular formula is C29H30N4O. The van der Waals surface area contributed by atoms with Gasteiger partial charge < -0.3 is 5.73 Å². The second-order valence-corrected chi connectivity index (χ2v) is 9.25. The van der Waals surface area contributed by atoms with E-state index in [9.17, 15) is 4.79 Å². The number of carbonyl (C=O) groups is 1. The first kappa shape index (κ1) is 22.1. The summed E-state index contributed by atoms with van der Waals surface area (Å²) in [6, 6.07) is 28.4. The molecule has 0 spiro atoms. The molecule has 0 saturated carbocycles. The van der Waals surface area contributed by atoms with Crippen molar-refractivity contribution in [2.75, 3.05) is 13.6 Å². The SMILES string of the molecule is Cc1cc(C(N)=O)nn1-c1ccc(Cc2ccc(-c3ccc([C@@H]4CCCN4C)cc3)cc2)cc1. The molecule has 2 N–H and O–H groups in total. The van der Waals surface area contributed by atoms with Crippen molar-refractivity contribution in [1.29, 1.82) is 0 Å². The summed E-state index contributed by atoms with van der Waals surface area (Å²) in [5.74, 6) is -0.515. The number of rotatable bonds is 6. The van der Waals surface area contributed by atoms with Crippen molar-refractivity contribution >= 4 is 5.91 Å². The van der Waals surface area contributed by atoms with Crippen LogP contribution in [0.4, 0.5) is 0 Å². The summed E-state index contributed by atoms with van der Waals surface area (Å²) in [6.07, 6.45) is 3.39. The van der Waals surface area contributed by atoms with Gasteiger partial charge in [0, 0.05) is 11.7 Å². The topological polar surface area (TPSA) is 64.2 Å². The number of aromatic nitrogens is 2. The fourth-order valence-corrected chi connectivity index (χ4v) is 4.89. The lowest BCUT2D eigenvalue weighted by molar-refractivity contribution is 0.0995. The van der Waals surface area contributed by atoms with Crippen LogP contribution in [0.1, 0.15) is 51.8 Å². The van der Waals surface area contributed by atoms with Gasteiger partial charge in [-0.05, 0) is 85.8 Å². The lowest BCUT2D eigenvalue weighted by atomic mass is 9.97. The van der Waals surface area contributed by atoms with Crippen LogP contribution < -0.4 is 5.73 Å². The van der Waals surface area contributed by atoms with Crippen LogP contribution in [0.5, 0.6) is 0 Å². The summed E-state index contributed by atoms with van der Waals surface area (Å²) >= 11 is 0. The van der Waals surface area contributed by atoms with Gasteiger partial charge in [0.1, 0.15) is 0 Å². The van der Waals surface area contributed by atoms with Gasteiger partial charge in [0.15, 0.2) is 5.69 Å². The Hall–Kier alpha value is -3.70. The van der Waals surface area contributed by atoms with Crippen LogP contribution in [0.2, 0.25) is 0 Å². The predicted octanol–water partition coefficient (Wildman–Crippen LogP) is 5.30. The summed E-state index contributed by atoms with van der Waals surface area (Å²) in [7, 11) is 2.22. The summed E-state index contributed by atoms with van der Waals surface area (Å²) in [4.78, 5) is 13.8. The molecule has 1 atom stereocenters. The van der Waals surface area contributed by atoms with Crippen molar-refractivity contribution in [2.24, 2.45) is 5.73 Å². The lowest BCUT2D eigenvalue weighted by Crippen LogP contribution is -2.17. The summed E-state index contributed by atoms with van der Waals surface area (Å²) < 4.78 is 1.74. The minimum absolute atomic E-state index is 0.280. The molecule has 0 radical (unpaired) electrons. The molecule has 0 aliphatic carbocycles. The van der Waals surface area contributed by atoms with Gasteiger partial charge in [-0.3, -0.25) is 9.69 Å². The van der Waals surface area contributed by atoms with Crippen LogP contribution in [-0.4, -0.2) is 34.2 Å². The Morgan fingerprint density at radius 1 is 0.941 bits per heavy atom. The van der Waals surface area contributed by atoms with Gasteiger partial charge in [0.05, 0.1) is 5.69 Å². The number of nitrogens with zero attached hydrogens (tertiary/aromatic N) is 3. The number of aryl methyl sites for hydroxylation is 1. The van der Waals surface area contributed by atoms with Crippen LogP contribution in [-0.2, 0) is 6.42 Å². The Balaban J connectivity index is 1.26. The number of hydrogen-bond donors (Lipinski definition) is 1. The molecule has 5 heteroatoms. The summed E-state index contributed by atoms with van der Waals surface area (Å²) in [5.41, 5.74) is 13.8. The van der Waals surface area contributed by atoms with Crippen LogP contribution >= 0.6 is 0 Å². The van der Waals surface area contributed by atoms with Crippen LogP contribution in [0.15, 0.2) is 78.9 Å². The standard InChI is InChI=1S/C29H30N4O/c1-20-18-27(29(30)34)31-33(20)26-15-7-22(8-16-26)19-21-5-9-23(10-6-21)24-11-13-25(14-12-24)28-4-3-17-32(28)2/h5-16,18,28H,3-4,17,19H2,1-2H3,(H2,30,34)/t28-/m0/s1. The maximum absolute atomic E-state index is 11.4. The van der Waals surface area contributed by atoms with Crippen molar-refractivity contribution in [3.63, 3.8) is 0 Å². The van der Waals surface area contributed by atoms with E-state index in [2.05, 4.69) is 77.7 Å². The van der Waals surface area contributed by atoms with E-state index in [0.717, 1.165) is 17.8 Å². The van der Waals surface area contributed by atoms with Gasteiger partial charge in [-0.2, -0.15) is 5.10 Å². The van der Waals surface area contributed by atoms with E-state index in [1.165, 1.54) is 47.2 Å². The third-order valence-electron chi connectivity index (χ3n) is 6.83. The molecule has 5 rings (SSSR count). The first-order valence-electron chi connectivity index (χ1n) is 11.8. The quantitative estimate of drug-likeness (QED) is 0.433. The molecule has 0 unspecified atom stereocenters. The van der Waals surface area contributed by atoms with Gasteiger partial charge in [0.2, 0.25) is 0 Å². The zero-order chi connectivity index (χ0) is 23.7. The Morgan fingerprint density at radius 2 is 1.53 bits per heavy atom. The highest BCUT2D eigenvalue weighted by Crippen LogP contribution is 2.31. The number of likely N-dealkylation sites (tertiary alicyclic amines) is 1. The number of nitrogens with two attached hydrogens (primary N) is 1. The number of benzene rings is 3. The molecule has 172 valence electrons. The normalized spacial score (nSPS) is 16.1. The Labute approximate surface area is 200 Å². The minimum atomic E-state index is -0.515. The molecule has 1 aliphatic rings. The fourth-order valence-electron chi connectivity index (χ4n) is 4.89. The van der Waals surface area contributed by atoms with Crippen molar-refractivity contribution < 1.29 is 4.79 Å². The molecule has 1 fully saturated rings. The monoisotopic (exact) mass is 450 g/mol. The van der Waals surface area contributed by atoms with Crippen LogP contribution in [0.25, 0.3) is 16.8 Å². The molecule has 1 amide bonds. The number of carbonyl (C=O) groups excluding carboxylic acids is 1. The zero-order valence-electron chi connectivity index (χ0n) is 19.7. The highest BCUT2D eigenvalue weighted by molar-refractivity contribution is 5.90. The molecule has 0 bridgehead atoms. The van der Waals surface area contributed by atoms with Crippen LogP contribution in [0.3, 0.4) is 0 Å². The highest BCUT2D eigenvalue weighted by Gasteiger charge is 2.22. The van der Waals surface area contributed by atoms with E-state index >= 15 is 0 Å². The molecule has 3 aromatic carbocycles. The molecule has 1 saturated heterocycles. The van der Waals surface area contributed by atoms with Crippen molar-refractivity contribution in [1.82, 2.24) is 14.7 Å². The molecular weight excluding hydrogens is 420 g/mol.